The highest BCUT2D eigenvalue weighted by Crippen LogP contribution is 2.26. The standard InChI is InChI=1S/C25H41N3O5/c1-8-10-11-14-26-22(30)21(19-15-17(3)12-13-18(19)4)28(9-2)23(31)20(16-29)27-24(32)33-25(5,6)7/h12-13,15,20-21,29H,8-11,14,16H2,1-7H3,(H,26,30)(H,27,32). The number of aryl methyl sites for hydroxylation is 2. The normalized spacial score (nSPS) is 13.1. The molecule has 8 heteroatoms. The number of alkyl carbamates (subject to hydrolysis) is 1. The predicted octanol–water partition coefficient (Wildman–Crippen LogP) is 3.39. The van der Waals surface area contributed by atoms with Crippen molar-refractivity contribution in [2.24, 2.45) is 0 Å². The lowest BCUT2D eigenvalue weighted by atomic mass is 9.96. The van der Waals surface area contributed by atoms with Crippen LogP contribution in [0, 0.1) is 13.8 Å². The molecule has 1 aromatic carbocycles. The molecular formula is C25H41N3O5. The second-order valence-electron chi connectivity index (χ2n) is 9.27. The number of unbranched alkanes of at least 4 members (excludes halogenated alkanes) is 2. The summed E-state index contributed by atoms with van der Waals surface area (Å²) in [7, 11) is 0. The number of amides is 3. The number of likely N-dealkylation sites (N-methyl/N-ethyl adjacent to an activating group) is 1. The molecule has 0 aliphatic heterocycles. The summed E-state index contributed by atoms with van der Waals surface area (Å²) in [6, 6.07) is 3.65. The summed E-state index contributed by atoms with van der Waals surface area (Å²) < 4.78 is 5.23. The first-order valence-electron chi connectivity index (χ1n) is 11.7. The van der Waals surface area contributed by atoms with Crippen molar-refractivity contribution in [3.63, 3.8) is 0 Å². The number of hydrogen-bond donors (Lipinski definition) is 3. The Hall–Kier alpha value is -2.61. The van der Waals surface area contributed by atoms with Gasteiger partial charge in [-0.1, -0.05) is 43.5 Å². The van der Waals surface area contributed by atoms with Crippen molar-refractivity contribution in [3.05, 3.63) is 34.9 Å². The van der Waals surface area contributed by atoms with Gasteiger partial charge in [-0.3, -0.25) is 9.59 Å². The van der Waals surface area contributed by atoms with Gasteiger partial charge in [-0.05, 0) is 59.1 Å². The Morgan fingerprint density at radius 3 is 2.33 bits per heavy atom. The molecule has 0 spiro atoms. The highest BCUT2D eigenvalue weighted by molar-refractivity contribution is 5.92. The van der Waals surface area contributed by atoms with Gasteiger partial charge in [-0.2, -0.15) is 0 Å². The molecule has 2 atom stereocenters. The van der Waals surface area contributed by atoms with Gasteiger partial charge >= 0.3 is 6.09 Å². The minimum Gasteiger partial charge on any atom is -0.444 e. The lowest BCUT2D eigenvalue weighted by Gasteiger charge is -2.34. The number of nitrogens with one attached hydrogen (secondary N) is 2. The quantitative estimate of drug-likeness (QED) is 0.436. The first-order valence-corrected chi connectivity index (χ1v) is 11.7. The van der Waals surface area contributed by atoms with Gasteiger partial charge in [0, 0.05) is 13.1 Å². The van der Waals surface area contributed by atoms with Crippen LogP contribution in [0.15, 0.2) is 18.2 Å². The summed E-state index contributed by atoms with van der Waals surface area (Å²) in [6.45, 7) is 12.9. The number of rotatable bonds is 11. The van der Waals surface area contributed by atoms with Crippen molar-refractivity contribution in [1.82, 2.24) is 15.5 Å². The highest BCUT2D eigenvalue weighted by atomic mass is 16.6. The van der Waals surface area contributed by atoms with Crippen LogP contribution in [0.2, 0.25) is 0 Å². The Labute approximate surface area is 198 Å². The number of hydrogen-bond acceptors (Lipinski definition) is 5. The van der Waals surface area contributed by atoms with E-state index in [1.165, 1.54) is 4.90 Å². The third-order valence-corrected chi connectivity index (χ3v) is 5.16. The molecule has 0 aromatic heterocycles. The zero-order valence-electron chi connectivity index (χ0n) is 21.2. The summed E-state index contributed by atoms with van der Waals surface area (Å²) >= 11 is 0. The molecule has 0 radical (unpaired) electrons. The fraction of sp³-hybridized carbons (Fsp3) is 0.640. The number of nitrogens with zero attached hydrogens (tertiary/aromatic N) is 1. The molecule has 2 unspecified atom stereocenters. The maximum atomic E-state index is 13.4. The van der Waals surface area contributed by atoms with Crippen molar-refractivity contribution in [3.8, 4) is 0 Å². The third-order valence-electron chi connectivity index (χ3n) is 5.16. The van der Waals surface area contributed by atoms with Crippen molar-refractivity contribution in [1.29, 1.82) is 0 Å². The zero-order valence-corrected chi connectivity index (χ0v) is 21.2. The van der Waals surface area contributed by atoms with Crippen molar-refractivity contribution in [2.45, 2.75) is 85.4 Å². The van der Waals surface area contributed by atoms with Gasteiger partial charge in [-0.15, -0.1) is 0 Å². The summed E-state index contributed by atoms with van der Waals surface area (Å²) in [5, 5.41) is 15.2. The average Bonchev–Trinajstić information content (AvgIpc) is 2.73. The van der Waals surface area contributed by atoms with Crippen LogP contribution in [0.25, 0.3) is 0 Å². The summed E-state index contributed by atoms with van der Waals surface area (Å²) in [5.41, 5.74) is 1.80. The van der Waals surface area contributed by atoms with Gasteiger partial charge in [0.15, 0.2) is 0 Å². The van der Waals surface area contributed by atoms with E-state index in [0.717, 1.165) is 30.4 Å². The molecule has 8 nitrogen and oxygen atoms in total. The van der Waals surface area contributed by atoms with E-state index >= 15 is 0 Å². The molecule has 0 aliphatic rings. The minimum absolute atomic E-state index is 0.214. The first-order chi connectivity index (χ1) is 15.4. The highest BCUT2D eigenvalue weighted by Gasteiger charge is 2.35. The third kappa shape index (κ3) is 9.04. The smallest absolute Gasteiger partial charge is 0.408 e. The van der Waals surface area contributed by atoms with E-state index in [1.807, 2.05) is 32.0 Å². The Kier molecular flexibility index (Phi) is 11.4. The zero-order chi connectivity index (χ0) is 25.2. The molecule has 0 aliphatic carbocycles. The molecule has 3 N–H and O–H groups in total. The largest absolute Gasteiger partial charge is 0.444 e. The number of ether oxygens (including phenoxy) is 1. The van der Waals surface area contributed by atoms with Crippen LogP contribution in [-0.4, -0.2) is 59.3 Å². The van der Waals surface area contributed by atoms with Crippen molar-refractivity contribution >= 4 is 17.9 Å². The summed E-state index contributed by atoms with van der Waals surface area (Å²) in [5.74, 6) is -0.843. The van der Waals surface area contributed by atoms with E-state index in [1.54, 1.807) is 27.7 Å². The molecule has 0 saturated heterocycles. The van der Waals surface area contributed by atoms with Crippen LogP contribution in [0.4, 0.5) is 4.79 Å². The summed E-state index contributed by atoms with van der Waals surface area (Å²) in [4.78, 5) is 40.4. The SMILES string of the molecule is CCCCCNC(=O)C(c1cc(C)ccc1C)N(CC)C(=O)C(CO)NC(=O)OC(C)(C)C. The van der Waals surface area contributed by atoms with Gasteiger partial charge in [0.05, 0.1) is 6.61 Å². The van der Waals surface area contributed by atoms with Gasteiger partial charge < -0.3 is 25.4 Å². The summed E-state index contributed by atoms with van der Waals surface area (Å²) in [6.07, 6.45) is 2.07. The number of aliphatic hydroxyl groups excluding tert-OH is 1. The second kappa shape index (κ2) is 13.2. The van der Waals surface area contributed by atoms with Gasteiger partial charge in [0.1, 0.15) is 17.7 Å². The number of carbonyl (C=O) groups excluding carboxylic acids is 3. The van der Waals surface area contributed by atoms with Gasteiger partial charge in [0.25, 0.3) is 0 Å². The second-order valence-corrected chi connectivity index (χ2v) is 9.27. The molecule has 0 saturated carbocycles. The van der Waals surface area contributed by atoms with Crippen LogP contribution in [0.1, 0.15) is 76.6 Å². The maximum Gasteiger partial charge on any atom is 0.408 e. The van der Waals surface area contributed by atoms with E-state index in [-0.39, 0.29) is 12.5 Å². The molecule has 0 heterocycles. The minimum atomic E-state index is -1.24. The van der Waals surface area contributed by atoms with Crippen LogP contribution in [0.3, 0.4) is 0 Å². The fourth-order valence-electron chi connectivity index (χ4n) is 3.49. The Morgan fingerprint density at radius 1 is 1.12 bits per heavy atom. The van der Waals surface area contributed by atoms with Crippen LogP contribution in [0.5, 0.6) is 0 Å². The van der Waals surface area contributed by atoms with Gasteiger partial charge in [-0.25, -0.2) is 4.79 Å². The van der Waals surface area contributed by atoms with E-state index < -0.39 is 36.3 Å². The van der Waals surface area contributed by atoms with E-state index in [2.05, 4.69) is 17.6 Å². The van der Waals surface area contributed by atoms with Crippen molar-refractivity contribution in [2.75, 3.05) is 19.7 Å². The van der Waals surface area contributed by atoms with Crippen LogP contribution >= 0.6 is 0 Å². The van der Waals surface area contributed by atoms with Gasteiger partial charge in [0.2, 0.25) is 11.8 Å². The number of benzene rings is 1. The van der Waals surface area contributed by atoms with Crippen LogP contribution < -0.4 is 10.6 Å². The molecule has 33 heavy (non-hydrogen) atoms. The van der Waals surface area contributed by atoms with E-state index in [0.29, 0.717) is 12.1 Å². The molecular weight excluding hydrogens is 422 g/mol. The molecule has 0 bridgehead atoms. The van der Waals surface area contributed by atoms with E-state index in [9.17, 15) is 19.5 Å². The predicted molar refractivity (Wildman–Crippen MR) is 129 cm³/mol. The maximum absolute atomic E-state index is 13.4. The number of aliphatic hydroxyl groups is 1. The van der Waals surface area contributed by atoms with Crippen LogP contribution in [-0.2, 0) is 14.3 Å². The first kappa shape index (κ1) is 28.4. The molecule has 186 valence electrons. The molecule has 0 fully saturated rings. The average molecular weight is 464 g/mol. The number of carbonyl (C=O) groups is 3. The molecule has 1 aromatic rings. The fourth-order valence-corrected chi connectivity index (χ4v) is 3.49. The Balaban J connectivity index is 3.25. The van der Waals surface area contributed by atoms with Crippen molar-refractivity contribution < 1.29 is 24.2 Å². The lowest BCUT2D eigenvalue weighted by Crippen LogP contribution is -2.54. The molecule has 3 amide bonds. The van der Waals surface area contributed by atoms with E-state index in [4.69, 9.17) is 4.74 Å². The molecule has 1 rings (SSSR count). The topological polar surface area (TPSA) is 108 Å². The Bertz CT molecular complexity index is 804. The monoisotopic (exact) mass is 463 g/mol. The lowest BCUT2D eigenvalue weighted by molar-refractivity contribution is -0.143. The Morgan fingerprint density at radius 2 is 1.79 bits per heavy atom.